The Labute approximate surface area is 142 Å². The van der Waals surface area contributed by atoms with Crippen molar-refractivity contribution in [2.75, 3.05) is 10.6 Å². The molecule has 0 bridgehead atoms. The summed E-state index contributed by atoms with van der Waals surface area (Å²) in [4.78, 5) is 12.6. The molecule has 0 aliphatic rings. The lowest BCUT2D eigenvalue weighted by molar-refractivity contribution is -0.111. The van der Waals surface area contributed by atoms with Gasteiger partial charge in [-0.2, -0.15) is 0 Å². The Kier molecular flexibility index (Phi) is 4.60. The molecule has 2 heterocycles. The van der Waals surface area contributed by atoms with E-state index in [1.807, 2.05) is 0 Å². The molecule has 0 spiro atoms. The molecule has 0 atom stereocenters. The normalized spacial score (nSPS) is 11.4. The number of amides is 1. The molecule has 8 heteroatoms. The van der Waals surface area contributed by atoms with Crippen molar-refractivity contribution in [3.8, 4) is 0 Å². The van der Waals surface area contributed by atoms with E-state index >= 15 is 0 Å². The molecule has 0 radical (unpaired) electrons. The van der Waals surface area contributed by atoms with Gasteiger partial charge in [0.25, 0.3) is 5.91 Å². The summed E-state index contributed by atoms with van der Waals surface area (Å²) in [6.07, 6.45) is 1.45. The van der Waals surface area contributed by atoms with E-state index in [0.29, 0.717) is 28.7 Å². The van der Waals surface area contributed by atoms with E-state index in [1.54, 1.807) is 26.0 Å². The first-order chi connectivity index (χ1) is 12.0. The number of hydrogen-bond acceptors (Lipinski definition) is 6. The molecule has 2 aromatic heterocycles. The lowest BCUT2D eigenvalue weighted by atomic mass is 10.1. The van der Waals surface area contributed by atoms with Crippen molar-refractivity contribution < 1.29 is 18.2 Å². The third kappa shape index (κ3) is 4.11. The molecule has 0 saturated carbocycles. The average Bonchev–Trinajstić information content (AvgIpc) is 3.18. The summed E-state index contributed by atoms with van der Waals surface area (Å²) in [5.41, 5.74) is 1.03. The van der Waals surface area contributed by atoms with Crippen LogP contribution < -0.4 is 10.6 Å². The molecular formula is C17H15FN4O3. The fourth-order valence-electron chi connectivity index (χ4n) is 2.06. The summed E-state index contributed by atoms with van der Waals surface area (Å²) >= 11 is 0. The van der Waals surface area contributed by atoms with Crippen molar-refractivity contribution in [2.45, 2.75) is 13.8 Å². The lowest BCUT2D eigenvalue weighted by Gasteiger charge is -2.07. The van der Waals surface area contributed by atoms with Crippen molar-refractivity contribution in [2.24, 2.45) is 0 Å². The zero-order chi connectivity index (χ0) is 17.8. The van der Waals surface area contributed by atoms with E-state index in [1.165, 1.54) is 30.5 Å². The maximum absolute atomic E-state index is 13.0. The highest BCUT2D eigenvalue weighted by molar-refractivity contribution is 6.25. The molecule has 0 unspecified atom stereocenters. The quantitative estimate of drug-likeness (QED) is 0.689. The van der Waals surface area contributed by atoms with Crippen LogP contribution in [-0.2, 0) is 4.79 Å². The van der Waals surface area contributed by atoms with Crippen LogP contribution in [0.4, 0.5) is 15.9 Å². The molecule has 0 aliphatic heterocycles. The highest BCUT2D eigenvalue weighted by atomic mass is 19.1. The molecular weight excluding hydrogens is 327 g/mol. The number of carbonyl (C=O) groups is 1. The van der Waals surface area contributed by atoms with Crippen molar-refractivity contribution in [1.82, 2.24) is 10.3 Å². The van der Waals surface area contributed by atoms with Gasteiger partial charge in [-0.05, 0) is 38.1 Å². The van der Waals surface area contributed by atoms with Crippen LogP contribution in [-0.4, -0.2) is 16.2 Å². The standard InChI is InChI=1S/C17H15FN4O3/c1-10-7-15(21-24-10)14(9-19-16-8-11(2)25-22-16)17(23)20-13-5-3-12(18)4-6-13/h3-9H,1-2H3,(H,19,22)(H,20,23)/b14-9-. The molecule has 25 heavy (non-hydrogen) atoms. The van der Waals surface area contributed by atoms with E-state index in [4.69, 9.17) is 9.05 Å². The van der Waals surface area contributed by atoms with Gasteiger partial charge in [0, 0.05) is 24.0 Å². The molecule has 2 N–H and O–H groups in total. The number of anilines is 2. The number of aryl methyl sites for hydroxylation is 2. The van der Waals surface area contributed by atoms with Gasteiger partial charge >= 0.3 is 0 Å². The Bertz CT molecular complexity index is 912. The van der Waals surface area contributed by atoms with Crippen LogP contribution in [0.25, 0.3) is 5.57 Å². The monoisotopic (exact) mass is 342 g/mol. The largest absolute Gasteiger partial charge is 0.361 e. The fourth-order valence-corrected chi connectivity index (χ4v) is 2.06. The molecule has 1 aromatic carbocycles. The minimum Gasteiger partial charge on any atom is -0.361 e. The molecule has 7 nitrogen and oxygen atoms in total. The van der Waals surface area contributed by atoms with E-state index < -0.39 is 5.91 Å². The molecule has 0 saturated heterocycles. The first-order valence-corrected chi connectivity index (χ1v) is 7.42. The SMILES string of the molecule is Cc1cc(N/C=C(\C(=O)Nc2ccc(F)cc2)c2cc(C)on2)no1. The fraction of sp³-hybridized carbons (Fsp3) is 0.118. The third-order valence-corrected chi connectivity index (χ3v) is 3.24. The number of carbonyl (C=O) groups excluding carboxylic acids is 1. The van der Waals surface area contributed by atoms with Gasteiger partial charge in [-0.3, -0.25) is 4.79 Å². The van der Waals surface area contributed by atoms with Crippen molar-refractivity contribution >= 4 is 23.0 Å². The molecule has 0 fully saturated rings. The molecule has 3 rings (SSSR count). The highest BCUT2D eigenvalue weighted by Crippen LogP contribution is 2.19. The number of aromatic nitrogens is 2. The van der Waals surface area contributed by atoms with E-state index in [9.17, 15) is 9.18 Å². The number of nitrogens with one attached hydrogen (secondary N) is 2. The molecule has 1 amide bonds. The minimum atomic E-state index is -0.437. The van der Waals surface area contributed by atoms with Gasteiger partial charge in [0.05, 0.1) is 5.57 Å². The van der Waals surface area contributed by atoms with Crippen LogP contribution in [0.2, 0.25) is 0 Å². The Morgan fingerprint density at radius 3 is 2.36 bits per heavy atom. The third-order valence-electron chi connectivity index (χ3n) is 3.24. The number of hydrogen-bond donors (Lipinski definition) is 2. The predicted molar refractivity (Wildman–Crippen MR) is 89.1 cm³/mol. The average molecular weight is 342 g/mol. The topological polar surface area (TPSA) is 93.2 Å². The first-order valence-electron chi connectivity index (χ1n) is 7.42. The summed E-state index contributed by atoms with van der Waals surface area (Å²) in [6.45, 7) is 3.48. The number of rotatable bonds is 5. The van der Waals surface area contributed by atoms with Gasteiger partial charge in [-0.15, -0.1) is 0 Å². The van der Waals surface area contributed by atoms with E-state index in [-0.39, 0.29) is 11.4 Å². The Hall–Kier alpha value is -3.42. The van der Waals surface area contributed by atoms with Gasteiger partial charge in [-0.1, -0.05) is 10.3 Å². The Morgan fingerprint density at radius 1 is 1.08 bits per heavy atom. The van der Waals surface area contributed by atoms with E-state index in [2.05, 4.69) is 20.9 Å². The second-order valence-electron chi connectivity index (χ2n) is 5.31. The summed E-state index contributed by atoms with van der Waals surface area (Å²) in [5, 5.41) is 13.2. The van der Waals surface area contributed by atoms with Gasteiger partial charge < -0.3 is 19.7 Å². The van der Waals surface area contributed by atoms with Crippen LogP contribution in [0.1, 0.15) is 17.2 Å². The second kappa shape index (κ2) is 7.00. The highest BCUT2D eigenvalue weighted by Gasteiger charge is 2.17. The Balaban J connectivity index is 1.84. The number of nitrogens with zero attached hydrogens (tertiary/aromatic N) is 2. The van der Waals surface area contributed by atoms with Crippen molar-refractivity contribution in [1.29, 1.82) is 0 Å². The maximum atomic E-state index is 13.0. The summed E-state index contributed by atoms with van der Waals surface area (Å²) in [5.74, 6) is 0.819. The summed E-state index contributed by atoms with van der Waals surface area (Å²) in [6, 6.07) is 8.76. The number of halogens is 1. The van der Waals surface area contributed by atoms with Crippen LogP contribution in [0.3, 0.4) is 0 Å². The predicted octanol–water partition coefficient (Wildman–Crippen LogP) is 3.51. The second-order valence-corrected chi connectivity index (χ2v) is 5.31. The summed E-state index contributed by atoms with van der Waals surface area (Å²) in [7, 11) is 0. The van der Waals surface area contributed by atoms with Gasteiger partial charge in [-0.25, -0.2) is 4.39 Å². The molecule has 128 valence electrons. The van der Waals surface area contributed by atoms with Gasteiger partial charge in [0.1, 0.15) is 23.0 Å². The zero-order valence-electron chi connectivity index (χ0n) is 13.5. The van der Waals surface area contributed by atoms with Gasteiger partial charge in [0.2, 0.25) is 0 Å². The van der Waals surface area contributed by atoms with Crippen molar-refractivity contribution in [3.63, 3.8) is 0 Å². The molecule has 3 aromatic rings. The van der Waals surface area contributed by atoms with E-state index in [0.717, 1.165) is 0 Å². The van der Waals surface area contributed by atoms with Crippen LogP contribution in [0.15, 0.2) is 51.6 Å². The zero-order valence-corrected chi connectivity index (χ0v) is 13.5. The first kappa shape index (κ1) is 16.4. The maximum Gasteiger partial charge on any atom is 0.259 e. The van der Waals surface area contributed by atoms with Crippen molar-refractivity contribution in [3.05, 3.63) is 65.6 Å². The van der Waals surface area contributed by atoms with Crippen LogP contribution in [0, 0.1) is 19.7 Å². The summed E-state index contributed by atoms with van der Waals surface area (Å²) < 4.78 is 23.0. The van der Waals surface area contributed by atoms with Crippen LogP contribution in [0.5, 0.6) is 0 Å². The van der Waals surface area contributed by atoms with Crippen LogP contribution >= 0.6 is 0 Å². The lowest BCUT2D eigenvalue weighted by Crippen LogP contribution is -2.15. The minimum absolute atomic E-state index is 0.224. The number of benzene rings is 1. The smallest absolute Gasteiger partial charge is 0.259 e. The Morgan fingerprint density at radius 2 is 1.76 bits per heavy atom. The van der Waals surface area contributed by atoms with Gasteiger partial charge in [0.15, 0.2) is 5.82 Å². The molecule has 0 aliphatic carbocycles.